The highest BCUT2D eigenvalue weighted by Gasteiger charge is 2.37. The normalized spacial score (nSPS) is 15.0. The fourth-order valence-electron chi connectivity index (χ4n) is 2.62. The predicted molar refractivity (Wildman–Crippen MR) is 104 cm³/mol. The number of rotatable bonds is 7. The lowest BCUT2D eigenvalue weighted by atomic mass is 10.2. The molecule has 0 aliphatic carbocycles. The summed E-state index contributed by atoms with van der Waals surface area (Å²) >= 11 is 1.02. The molecule has 0 spiro atoms. The van der Waals surface area contributed by atoms with Gasteiger partial charge in [-0.2, -0.15) is 0 Å². The molecule has 0 bridgehead atoms. The van der Waals surface area contributed by atoms with Gasteiger partial charge in [-0.3, -0.25) is 14.6 Å². The number of halogens is 1. The molecule has 0 saturated carbocycles. The topological polar surface area (TPSA) is 59.5 Å². The van der Waals surface area contributed by atoms with Crippen LogP contribution in [0.1, 0.15) is 30.0 Å². The Bertz CT molecular complexity index is 724. The van der Waals surface area contributed by atoms with Gasteiger partial charge in [0, 0.05) is 23.9 Å². The summed E-state index contributed by atoms with van der Waals surface area (Å²) < 4.78 is 5.94. The van der Waals surface area contributed by atoms with Gasteiger partial charge in [0.25, 0.3) is 5.24 Å². The molecule has 26 heavy (non-hydrogen) atoms. The number of thioether (sulfide) groups is 1. The summed E-state index contributed by atoms with van der Waals surface area (Å²) in [7, 11) is 0. The Morgan fingerprint density at radius 2 is 1.96 bits per heavy atom. The van der Waals surface area contributed by atoms with Crippen LogP contribution in [0.15, 0.2) is 48.7 Å². The Morgan fingerprint density at radius 1 is 1.19 bits per heavy atom. The number of benzene rings is 1. The van der Waals surface area contributed by atoms with E-state index in [-0.39, 0.29) is 29.3 Å². The van der Waals surface area contributed by atoms with Crippen molar-refractivity contribution in [1.29, 1.82) is 0 Å². The lowest BCUT2D eigenvalue weighted by Crippen LogP contribution is -2.35. The average Bonchev–Trinajstić information content (AvgIpc) is 2.99. The molecule has 2 heterocycles. The van der Waals surface area contributed by atoms with Gasteiger partial charge in [0.05, 0.1) is 12.4 Å². The van der Waals surface area contributed by atoms with Gasteiger partial charge >= 0.3 is 0 Å². The van der Waals surface area contributed by atoms with E-state index in [2.05, 4.69) is 18.0 Å². The molecular weight excluding hydrogens is 372 g/mol. The Morgan fingerprint density at radius 3 is 2.54 bits per heavy atom. The molecule has 1 atom stereocenters. The molecular formula is C19H21ClN2O3S. The van der Waals surface area contributed by atoms with E-state index < -0.39 is 6.23 Å². The highest BCUT2D eigenvalue weighted by atomic mass is 35.5. The number of aryl methyl sites for hydroxylation is 1. The molecule has 2 aromatic rings. The average molecular weight is 393 g/mol. The number of carbonyl (C=O) groups excluding carboxylic acids is 2. The Hall–Kier alpha value is -1.89. The van der Waals surface area contributed by atoms with Gasteiger partial charge in [-0.25, -0.2) is 4.90 Å². The van der Waals surface area contributed by atoms with Crippen LogP contribution in [0.3, 0.4) is 0 Å². The van der Waals surface area contributed by atoms with Crippen LogP contribution in [0.25, 0.3) is 0 Å². The van der Waals surface area contributed by atoms with Crippen LogP contribution in [0.2, 0.25) is 0 Å². The van der Waals surface area contributed by atoms with E-state index in [1.165, 1.54) is 10.5 Å². The van der Waals surface area contributed by atoms with E-state index >= 15 is 0 Å². The third-order valence-corrected chi connectivity index (χ3v) is 4.87. The van der Waals surface area contributed by atoms with Gasteiger partial charge in [-0.05, 0) is 18.1 Å². The van der Waals surface area contributed by atoms with Crippen molar-refractivity contribution in [3.63, 3.8) is 0 Å². The largest absolute Gasteiger partial charge is 0.353 e. The number of ether oxygens (including phenoxy) is 1. The third kappa shape index (κ3) is 4.84. The van der Waals surface area contributed by atoms with Crippen LogP contribution in [-0.4, -0.2) is 33.4 Å². The minimum atomic E-state index is -0.689. The van der Waals surface area contributed by atoms with Gasteiger partial charge in [0.2, 0.25) is 5.91 Å². The van der Waals surface area contributed by atoms with E-state index in [4.69, 9.17) is 4.74 Å². The van der Waals surface area contributed by atoms with Gasteiger partial charge in [-0.15, -0.1) is 12.4 Å². The summed E-state index contributed by atoms with van der Waals surface area (Å²) in [4.78, 5) is 29.8. The van der Waals surface area contributed by atoms with Crippen molar-refractivity contribution in [3.05, 3.63) is 65.5 Å². The Kier molecular flexibility index (Phi) is 7.63. The first-order chi connectivity index (χ1) is 12.2. The molecule has 1 aromatic carbocycles. The zero-order chi connectivity index (χ0) is 17.6. The molecule has 138 valence electrons. The molecule has 1 aliphatic heterocycles. The van der Waals surface area contributed by atoms with Crippen molar-refractivity contribution in [2.75, 3.05) is 12.4 Å². The quantitative estimate of drug-likeness (QED) is 0.712. The Balaban J connectivity index is 0.00000243. The first-order valence-corrected chi connectivity index (χ1v) is 9.26. The van der Waals surface area contributed by atoms with Crippen molar-refractivity contribution in [3.8, 4) is 0 Å². The number of carbonyl (C=O) groups is 2. The smallest absolute Gasteiger partial charge is 0.291 e. The van der Waals surface area contributed by atoms with Crippen molar-refractivity contribution in [1.82, 2.24) is 9.88 Å². The highest BCUT2D eigenvalue weighted by molar-refractivity contribution is 8.14. The van der Waals surface area contributed by atoms with Gasteiger partial charge in [0.1, 0.15) is 0 Å². The number of imide groups is 1. The maximum absolute atomic E-state index is 12.1. The number of pyridine rings is 1. The van der Waals surface area contributed by atoms with Crippen molar-refractivity contribution >= 4 is 35.3 Å². The molecule has 1 aromatic heterocycles. The lowest BCUT2D eigenvalue weighted by molar-refractivity contribution is -0.135. The zero-order valence-electron chi connectivity index (χ0n) is 14.5. The van der Waals surface area contributed by atoms with Crippen LogP contribution < -0.4 is 0 Å². The first kappa shape index (κ1) is 20.4. The summed E-state index contributed by atoms with van der Waals surface area (Å²) in [5.74, 6) is -0.0414. The summed E-state index contributed by atoms with van der Waals surface area (Å²) in [6.45, 7) is 2.46. The number of hydrogen-bond donors (Lipinski definition) is 0. The van der Waals surface area contributed by atoms with E-state index in [0.29, 0.717) is 13.0 Å². The standard InChI is InChI=1S/C19H20N2O3S.ClH/c1-2-14-8-9-16(20-12-14)10-11-24-18(15-6-4-3-5-7-15)21-17(22)13-25-19(21)23;/h3-9,12,18H,2,10-11,13H2,1H3;1H. The van der Waals surface area contributed by atoms with Crippen LogP contribution >= 0.6 is 24.2 Å². The number of hydrogen-bond acceptors (Lipinski definition) is 5. The third-order valence-electron chi connectivity index (χ3n) is 4.03. The van der Waals surface area contributed by atoms with Crippen LogP contribution in [0, 0.1) is 0 Å². The van der Waals surface area contributed by atoms with E-state index in [0.717, 1.165) is 29.4 Å². The molecule has 5 nitrogen and oxygen atoms in total. The maximum Gasteiger partial charge on any atom is 0.291 e. The minimum absolute atomic E-state index is 0. The summed E-state index contributed by atoms with van der Waals surface area (Å²) in [6, 6.07) is 13.4. The Labute approximate surface area is 163 Å². The van der Waals surface area contributed by atoms with Gasteiger partial charge < -0.3 is 4.74 Å². The monoisotopic (exact) mass is 392 g/mol. The van der Waals surface area contributed by atoms with E-state index in [1.807, 2.05) is 42.6 Å². The summed E-state index contributed by atoms with van der Waals surface area (Å²) in [6.07, 6.45) is 2.76. The first-order valence-electron chi connectivity index (χ1n) is 8.28. The molecule has 1 unspecified atom stereocenters. The van der Waals surface area contributed by atoms with Crippen LogP contribution in [-0.2, 0) is 22.4 Å². The molecule has 1 fully saturated rings. The summed E-state index contributed by atoms with van der Waals surface area (Å²) in [5.41, 5.74) is 2.91. The zero-order valence-corrected chi connectivity index (χ0v) is 16.1. The fourth-order valence-corrected chi connectivity index (χ4v) is 3.34. The van der Waals surface area contributed by atoms with Crippen LogP contribution in [0.5, 0.6) is 0 Å². The maximum atomic E-state index is 12.1. The van der Waals surface area contributed by atoms with Crippen molar-refractivity contribution in [2.45, 2.75) is 26.0 Å². The van der Waals surface area contributed by atoms with Crippen molar-refractivity contribution < 1.29 is 14.3 Å². The molecule has 1 aliphatic rings. The lowest BCUT2D eigenvalue weighted by Gasteiger charge is -2.26. The molecule has 2 amide bonds. The number of amides is 2. The second kappa shape index (κ2) is 9.71. The summed E-state index contributed by atoms with van der Waals surface area (Å²) in [5, 5.41) is -0.260. The van der Waals surface area contributed by atoms with Crippen molar-refractivity contribution in [2.24, 2.45) is 0 Å². The molecule has 0 N–H and O–H groups in total. The number of nitrogens with zero attached hydrogens (tertiary/aromatic N) is 2. The second-order valence-corrected chi connectivity index (χ2v) is 6.64. The van der Waals surface area contributed by atoms with Crippen LogP contribution in [0.4, 0.5) is 4.79 Å². The van der Waals surface area contributed by atoms with E-state index in [1.54, 1.807) is 0 Å². The molecule has 0 radical (unpaired) electrons. The fraction of sp³-hybridized carbons (Fsp3) is 0.316. The highest BCUT2D eigenvalue weighted by Crippen LogP contribution is 2.31. The van der Waals surface area contributed by atoms with Gasteiger partial charge in [-0.1, -0.05) is 55.1 Å². The molecule has 3 rings (SSSR count). The molecule has 7 heteroatoms. The van der Waals surface area contributed by atoms with Gasteiger partial charge in [0.15, 0.2) is 6.23 Å². The SMILES string of the molecule is CCc1ccc(CCOC(c2ccccc2)N2C(=O)CSC2=O)nc1.Cl. The molecule has 1 saturated heterocycles. The predicted octanol–water partition coefficient (Wildman–Crippen LogP) is 4.02. The number of aromatic nitrogens is 1. The minimum Gasteiger partial charge on any atom is -0.353 e. The second-order valence-electron chi connectivity index (χ2n) is 5.71. The van der Waals surface area contributed by atoms with E-state index in [9.17, 15) is 9.59 Å².